The number of thiazole rings is 1. The molecule has 1 aromatic heterocycles. The molecule has 1 aliphatic rings. The molecule has 2 rings (SSSR count). The van der Waals surface area contributed by atoms with Gasteiger partial charge in [0.05, 0.1) is 18.2 Å². The zero-order chi connectivity index (χ0) is 14.9. The van der Waals surface area contributed by atoms with Crippen LogP contribution in [0.5, 0.6) is 0 Å². The topological polar surface area (TPSA) is 51.2 Å². The van der Waals surface area contributed by atoms with Gasteiger partial charge in [-0.2, -0.15) is 0 Å². The van der Waals surface area contributed by atoms with E-state index in [4.69, 9.17) is 4.74 Å². The second-order valence-electron chi connectivity index (χ2n) is 5.20. The van der Waals surface area contributed by atoms with Gasteiger partial charge in [0.1, 0.15) is 4.34 Å². The van der Waals surface area contributed by atoms with Crippen molar-refractivity contribution in [3.63, 3.8) is 0 Å². The molecule has 1 fully saturated rings. The van der Waals surface area contributed by atoms with Crippen molar-refractivity contribution in [2.45, 2.75) is 55.9 Å². The molecule has 0 spiro atoms. The number of carbonyl (C=O) groups is 1. The molecule has 0 bridgehead atoms. The first-order valence-corrected chi connectivity index (χ1v) is 9.60. The maximum Gasteiger partial charge on any atom is 0.226 e. The van der Waals surface area contributed by atoms with E-state index in [9.17, 15) is 4.79 Å². The minimum Gasteiger partial charge on any atom is -0.378 e. The van der Waals surface area contributed by atoms with Crippen molar-refractivity contribution in [1.29, 1.82) is 0 Å². The molecule has 0 aliphatic carbocycles. The van der Waals surface area contributed by atoms with Gasteiger partial charge in [-0.25, -0.2) is 4.98 Å². The first kappa shape index (κ1) is 16.8. The number of ether oxygens (including phenoxy) is 1. The molecule has 6 heteroatoms. The van der Waals surface area contributed by atoms with E-state index in [1.54, 1.807) is 23.1 Å². The average molecular weight is 329 g/mol. The maximum atomic E-state index is 11.8. The number of amides is 1. The molecule has 0 aromatic carbocycles. The Morgan fingerprint density at radius 3 is 3.24 bits per heavy atom. The van der Waals surface area contributed by atoms with Gasteiger partial charge in [0.2, 0.25) is 5.91 Å². The van der Waals surface area contributed by atoms with Crippen LogP contribution in [0.1, 0.15) is 44.7 Å². The summed E-state index contributed by atoms with van der Waals surface area (Å²) in [5.74, 6) is 1.09. The third-order valence-electron chi connectivity index (χ3n) is 3.44. The average Bonchev–Trinajstić information content (AvgIpc) is 3.11. The molecule has 1 aromatic rings. The number of nitrogens with zero attached hydrogens (tertiary/aromatic N) is 1. The molecule has 1 N–H and O–H groups in total. The third-order valence-corrected chi connectivity index (χ3v) is 5.39. The Bertz CT molecular complexity index is 431. The number of carbonyl (C=O) groups excluding carboxylic acids is 1. The molecule has 0 saturated carbocycles. The summed E-state index contributed by atoms with van der Waals surface area (Å²) in [7, 11) is 0. The molecule has 2 heterocycles. The zero-order valence-corrected chi connectivity index (χ0v) is 14.2. The highest BCUT2D eigenvalue weighted by Crippen LogP contribution is 2.22. The Morgan fingerprint density at radius 1 is 1.57 bits per heavy atom. The summed E-state index contributed by atoms with van der Waals surface area (Å²) in [5.41, 5.74) is 0.882. The minimum atomic E-state index is 0.0745. The van der Waals surface area contributed by atoms with Crippen LogP contribution >= 0.6 is 23.1 Å². The van der Waals surface area contributed by atoms with Crippen LogP contribution < -0.4 is 5.32 Å². The SMILES string of the molecule is CCSc1nc(CC(=O)NCCCC[C@H]2CCCO2)cs1. The third kappa shape index (κ3) is 6.36. The van der Waals surface area contributed by atoms with Gasteiger partial charge in [-0.05, 0) is 37.9 Å². The number of rotatable bonds is 9. The Labute approximate surface area is 135 Å². The second kappa shape index (κ2) is 9.43. The zero-order valence-electron chi connectivity index (χ0n) is 12.6. The van der Waals surface area contributed by atoms with E-state index in [1.165, 1.54) is 12.8 Å². The molecular weight excluding hydrogens is 304 g/mol. The van der Waals surface area contributed by atoms with E-state index >= 15 is 0 Å². The Morgan fingerprint density at radius 2 is 2.48 bits per heavy atom. The van der Waals surface area contributed by atoms with Crippen molar-refractivity contribution in [1.82, 2.24) is 10.3 Å². The van der Waals surface area contributed by atoms with Crippen molar-refractivity contribution in [3.8, 4) is 0 Å². The van der Waals surface area contributed by atoms with Crippen molar-refractivity contribution < 1.29 is 9.53 Å². The van der Waals surface area contributed by atoms with Crippen molar-refractivity contribution in [3.05, 3.63) is 11.1 Å². The lowest BCUT2D eigenvalue weighted by atomic mass is 10.1. The summed E-state index contributed by atoms with van der Waals surface area (Å²) in [6, 6.07) is 0. The van der Waals surface area contributed by atoms with Gasteiger partial charge in [0.25, 0.3) is 0 Å². The molecule has 1 amide bonds. The fourth-order valence-electron chi connectivity index (χ4n) is 2.38. The Balaban J connectivity index is 1.54. The van der Waals surface area contributed by atoms with Gasteiger partial charge >= 0.3 is 0 Å². The summed E-state index contributed by atoms with van der Waals surface area (Å²) in [5, 5.41) is 4.96. The quantitative estimate of drug-likeness (QED) is 0.558. The number of aromatic nitrogens is 1. The largest absolute Gasteiger partial charge is 0.378 e. The highest BCUT2D eigenvalue weighted by Gasteiger charge is 2.14. The lowest BCUT2D eigenvalue weighted by Gasteiger charge is -2.09. The number of nitrogens with one attached hydrogen (secondary N) is 1. The predicted octanol–water partition coefficient (Wildman–Crippen LogP) is 3.26. The predicted molar refractivity (Wildman–Crippen MR) is 88.1 cm³/mol. The van der Waals surface area contributed by atoms with E-state index in [2.05, 4.69) is 17.2 Å². The summed E-state index contributed by atoms with van der Waals surface area (Å²) in [6.07, 6.45) is 6.54. The highest BCUT2D eigenvalue weighted by molar-refractivity contribution is 8.00. The summed E-state index contributed by atoms with van der Waals surface area (Å²) in [4.78, 5) is 16.3. The van der Waals surface area contributed by atoms with Crippen LogP contribution in [-0.2, 0) is 16.0 Å². The van der Waals surface area contributed by atoms with E-state index in [0.29, 0.717) is 12.5 Å². The first-order chi connectivity index (χ1) is 10.3. The summed E-state index contributed by atoms with van der Waals surface area (Å²) < 4.78 is 6.64. The monoisotopic (exact) mass is 328 g/mol. The van der Waals surface area contributed by atoms with Crippen LogP contribution in [0, 0.1) is 0 Å². The van der Waals surface area contributed by atoms with Gasteiger partial charge in [-0.1, -0.05) is 18.7 Å². The Hall–Kier alpha value is -0.590. The fourth-order valence-corrected chi connectivity index (χ4v) is 4.12. The van der Waals surface area contributed by atoms with Crippen molar-refractivity contribution >= 4 is 29.0 Å². The lowest BCUT2D eigenvalue weighted by Crippen LogP contribution is -2.26. The molecule has 21 heavy (non-hydrogen) atoms. The van der Waals surface area contributed by atoms with Crippen LogP contribution in [0.25, 0.3) is 0 Å². The first-order valence-electron chi connectivity index (χ1n) is 7.73. The molecule has 0 unspecified atom stereocenters. The van der Waals surface area contributed by atoms with Gasteiger partial charge in [-0.15, -0.1) is 11.3 Å². The standard InChI is InChI=1S/C15H24N2O2S2/c1-2-20-15-17-12(11-21-15)10-14(18)16-8-4-3-6-13-7-5-9-19-13/h11,13H,2-10H2,1H3,(H,16,18)/t13-/m0/s1. The molecule has 1 saturated heterocycles. The molecule has 0 radical (unpaired) electrons. The van der Waals surface area contributed by atoms with E-state index in [1.807, 2.05) is 5.38 Å². The minimum absolute atomic E-state index is 0.0745. The van der Waals surface area contributed by atoms with Crippen LogP contribution in [0.4, 0.5) is 0 Å². The van der Waals surface area contributed by atoms with Crippen LogP contribution in [0.3, 0.4) is 0 Å². The number of hydrogen-bond acceptors (Lipinski definition) is 5. The van der Waals surface area contributed by atoms with Crippen molar-refractivity contribution in [2.24, 2.45) is 0 Å². The molecule has 1 atom stereocenters. The van der Waals surface area contributed by atoms with Crippen LogP contribution in [0.2, 0.25) is 0 Å². The summed E-state index contributed by atoms with van der Waals surface area (Å²) in [6.45, 7) is 3.79. The smallest absolute Gasteiger partial charge is 0.226 e. The maximum absolute atomic E-state index is 11.8. The number of hydrogen-bond donors (Lipinski definition) is 1. The van der Waals surface area contributed by atoms with E-state index in [-0.39, 0.29) is 5.91 Å². The van der Waals surface area contributed by atoms with Crippen molar-refractivity contribution in [2.75, 3.05) is 18.9 Å². The van der Waals surface area contributed by atoms with Crippen LogP contribution in [-0.4, -0.2) is 35.9 Å². The summed E-state index contributed by atoms with van der Waals surface area (Å²) >= 11 is 3.34. The van der Waals surface area contributed by atoms with E-state index < -0.39 is 0 Å². The van der Waals surface area contributed by atoms with E-state index in [0.717, 1.165) is 48.2 Å². The molecule has 1 aliphatic heterocycles. The number of unbranched alkanes of at least 4 members (excludes halogenated alkanes) is 1. The van der Waals surface area contributed by atoms with Crippen LogP contribution in [0.15, 0.2) is 9.72 Å². The fraction of sp³-hybridized carbons (Fsp3) is 0.733. The lowest BCUT2D eigenvalue weighted by molar-refractivity contribution is -0.120. The van der Waals surface area contributed by atoms with Gasteiger partial charge in [0, 0.05) is 18.5 Å². The Kier molecular flexibility index (Phi) is 7.53. The number of thioether (sulfide) groups is 1. The highest BCUT2D eigenvalue weighted by atomic mass is 32.2. The van der Waals surface area contributed by atoms with Gasteiger partial charge in [-0.3, -0.25) is 4.79 Å². The second-order valence-corrected chi connectivity index (χ2v) is 7.56. The molecular formula is C15H24N2O2S2. The van der Waals surface area contributed by atoms with Gasteiger partial charge in [0.15, 0.2) is 0 Å². The normalized spacial score (nSPS) is 18.0. The molecule has 4 nitrogen and oxygen atoms in total. The molecule has 118 valence electrons. The van der Waals surface area contributed by atoms with Gasteiger partial charge < -0.3 is 10.1 Å².